The van der Waals surface area contributed by atoms with Gasteiger partial charge in [0.1, 0.15) is 6.10 Å². The first kappa shape index (κ1) is 19.3. The molecule has 0 amide bonds. The number of hydrogen-bond donors (Lipinski definition) is 1. The Morgan fingerprint density at radius 2 is 1.86 bits per heavy atom. The van der Waals surface area contributed by atoms with E-state index in [1.54, 1.807) is 0 Å². The fourth-order valence-electron chi connectivity index (χ4n) is 3.73. The van der Waals surface area contributed by atoms with Crippen LogP contribution in [0.4, 0.5) is 11.8 Å². The Kier molecular flexibility index (Phi) is 5.76. The molecule has 0 aromatic carbocycles. The molecule has 0 spiro atoms. The van der Waals surface area contributed by atoms with Gasteiger partial charge in [-0.2, -0.15) is 26.7 Å². The molecule has 29 heavy (non-hydrogen) atoms. The molecule has 2 aromatic heterocycles. The van der Waals surface area contributed by atoms with Crippen molar-refractivity contribution >= 4 is 46.3 Å². The summed E-state index contributed by atoms with van der Waals surface area (Å²) in [6.07, 6.45) is 0.773. The summed E-state index contributed by atoms with van der Waals surface area (Å²) >= 11 is 8.40. The number of rotatable bonds is 4. The number of aromatic nitrogens is 4. The van der Waals surface area contributed by atoms with E-state index in [2.05, 4.69) is 25.1 Å². The molecule has 5 rings (SSSR count). The monoisotopic (exact) mass is 437 g/mol. The van der Waals surface area contributed by atoms with Gasteiger partial charge >= 0.3 is 0 Å². The van der Waals surface area contributed by atoms with Crippen molar-refractivity contribution in [3.63, 3.8) is 0 Å². The van der Waals surface area contributed by atoms with Crippen molar-refractivity contribution in [1.82, 2.24) is 25.3 Å². The molecule has 156 valence electrons. The smallest absolute Gasteiger partial charge is 0.254 e. The molecule has 5 heterocycles. The van der Waals surface area contributed by atoms with E-state index in [1.807, 2.05) is 11.8 Å². The SMILES string of the molecule is Clc1nc2c(N3CCSCC3)nc(N3CCNCC3)nc2nc1OC1CCOC1. The Balaban J connectivity index is 1.56. The summed E-state index contributed by atoms with van der Waals surface area (Å²) in [5.41, 5.74) is 1.16. The summed E-state index contributed by atoms with van der Waals surface area (Å²) in [6, 6.07) is 0. The number of piperazine rings is 1. The zero-order valence-electron chi connectivity index (χ0n) is 16.1. The molecule has 3 fully saturated rings. The second-order valence-corrected chi connectivity index (χ2v) is 8.86. The van der Waals surface area contributed by atoms with Crippen molar-refractivity contribution in [1.29, 1.82) is 0 Å². The van der Waals surface area contributed by atoms with Crippen molar-refractivity contribution in [3.8, 4) is 5.88 Å². The predicted molar refractivity (Wildman–Crippen MR) is 115 cm³/mol. The van der Waals surface area contributed by atoms with Gasteiger partial charge in [0.15, 0.2) is 22.1 Å². The molecule has 3 saturated heterocycles. The molecular formula is C18H24ClN7O2S. The lowest BCUT2D eigenvalue weighted by Gasteiger charge is -2.31. The standard InChI is InChI=1S/C18H24ClN7O2S/c19-14-17(28-12-1-8-27-11-12)22-15-13(21-14)16(25-6-9-29-10-7-25)24-18(23-15)26-4-2-20-3-5-26/h12,20H,1-11H2. The van der Waals surface area contributed by atoms with Crippen molar-refractivity contribution < 1.29 is 9.47 Å². The second-order valence-electron chi connectivity index (χ2n) is 7.28. The van der Waals surface area contributed by atoms with Gasteiger partial charge < -0.3 is 24.6 Å². The molecule has 1 unspecified atom stereocenters. The third-order valence-corrected chi connectivity index (χ3v) is 6.49. The van der Waals surface area contributed by atoms with Gasteiger partial charge in [-0.25, -0.2) is 4.98 Å². The van der Waals surface area contributed by atoms with Crippen molar-refractivity contribution in [3.05, 3.63) is 5.15 Å². The lowest BCUT2D eigenvalue weighted by molar-refractivity contribution is 0.138. The number of fused-ring (bicyclic) bond motifs is 1. The van der Waals surface area contributed by atoms with Crippen LogP contribution in [0.5, 0.6) is 5.88 Å². The number of ether oxygens (including phenoxy) is 2. The Hall–Kier alpha value is -1.62. The second kappa shape index (κ2) is 8.63. The molecule has 11 heteroatoms. The van der Waals surface area contributed by atoms with Gasteiger partial charge in [-0.1, -0.05) is 11.6 Å². The Labute approximate surface area is 178 Å². The van der Waals surface area contributed by atoms with Crippen LogP contribution >= 0.6 is 23.4 Å². The van der Waals surface area contributed by atoms with Crippen LogP contribution in [0.2, 0.25) is 5.15 Å². The molecule has 1 atom stereocenters. The first-order valence-corrected chi connectivity index (χ1v) is 11.6. The van der Waals surface area contributed by atoms with Crippen molar-refractivity contribution in [2.45, 2.75) is 12.5 Å². The predicted octanol–water partition coefficient (Wildman–Crippen LogP) is 1.20. The maximum absolute atomic E-state index is 6.44. The number of hydrogen-bond acceptors (Lipinski definition) is 10. The fraction of sp³-hybridized carbons (Fsp3) is 0.667. The molecule has 2 aromatic rings. The highest BCUT2D eigenvalue weighted by Crippen LogP contribution is 2.31. The molecule has 0 radical (unpaired) electrons. The Bertz CT molecular complexity index is 871. The molecular weight excluding hydrogens is 414 g/mol. The summed E-state index contributed by atoms with van der Waals surface area (Å²) in [4.78, 5) is 23.4. The third-order valence-electron chi connectivity index (χ3n) is 5.31. The highest BCUT2D eigenvalue weighted by atomic mass is 35.5. The van der Waals surface area contributed by atoms with Gasteiger partial charge in [-0.15, -0.1) is 0 Å². The summed E-state index contributed by atoms with van der Waals surface area (Å²) in [5.74, 6) is 3.96. The van der Waals surface area contributed by atoms with Gasteiger partial charge in [0.2, 0.25) is 5.95 Å². The molecule has 3 aliphatic rings. The topological polar surface area (TPSA) is 88.5 Å². The number of nitrogens with zero attached hydrogens (tertiary/aromatic N) is 6. The molecule has 0 saturated carbocycles. The number of thioether (sulfide) groups is 1. The summed E-state index contributed by atoms with van der Waals surface area (Å²) < 4.78 is 11.3. The summed E-state index contributed by atoms with van der Waals surface area (Å²) in [6.45, 7) is 6.65. The minimum absolute atomic E-state index is 0.0488. The lowest BCUT2D eigenvalue weighted by atomic mass is 10.3. The third kappa shape index (κ3) is 4.16. The molecule has 9 nitrogen and oxygen atoms in total. The summed E-state index contributed by atoms with van der Waals surface area (Å²) in [7, 11) is 0. The maximum atomic E-state index is 6.44. The first-order valence-electron chi connectivity index (χ1n) is 10.1. The highest BCUT2D eigenvalue weighted by Gasteiger charge is 2.25. The lowest BCUT2D eigenvalue weighted by Crippen LogP contribution is -2.44. The van der Waals surface area contributed by atoms with E-state index in [9.17, 15) is 0 Å². The van der Waals surface area contributed by atoms with Crippen LogP contribution in [-0.2, 0) is 4.74 Å². The zero-order chi connectivity index (χ0) is 19.6. The number of anilines is 2. The average Bonchev–Trinajstić information content (AvgIpc) is 3.28. The molecule has 1 N–H and O–H groups in total. The maximum Gasteiger partial charge on any atom is 0.254 e. The van der Waals surface area contributed by atoms with E-state index in [0.29, 0.717) is 36.2 Å². The van der Waals surface area contributed by atoms with Crippen LogP contribution in [0.15, 0.2) is 0 Å². The normalized spacial score (nSPS) is 23.0. The minimum Gasteiger partial charge on any atom is -0.470 e. The van der Waals surface area contributed by atoms with Gasteiger partial charge in [0.05, 0.1) is 13.2 Å². The summed E-state index contributed by atoms with van der Waals surface area (Å²) in [5, 5.41) is 3.61. The number of nitrogens with one attached hydrogen (secondary N) is 1. The van der Waals surface area contributed by atoms with Crippen molar-refractivity contribution in [2.24, 2.45) is 0 Å². The van der Waals surface area contributed by atoms with Gasteiger partial charge in [0.25, 0.3) is 5.88 Å². The number of halogens is 1. The first-order chi connectivity index (χ1) is 14.3. The minimum atomic E-state index is -0.0488. The Morgan fingerprint density at radius 1 is 1.03 bits per heavy atom. The largest absolute Gasteiger partial charge is 0.470 e. The van der Waals surface area contributed by atoms with E-state index in [0.717, 1.165) is 63.0 Å². The van der Waals surface area contributed by atoms with Crippen molar-refractivity contribution in [2.75, 3.05) is 73.8 Å². The Morgan fingerprint density at radius 3 is 2.62 bits per heavy atom. The van der Waals surface area contributed by atoms with Crippen LogP contribution < -0.4 is 19.9 Å². The van der Waals surface area contributed by atoms with E-state index in [-0.39, 0.29) is 11.3 Å². The van der Waals surface area contributed by atoms with Crippen LogP contribution in [-0.4, -0.2) is 90.0 Å². The zero-order valence-corrected chi connectivity index (χ0v) is 17.7. The fourth-order valence-corrected chi connectivity index (χ4v) is 4.80. The van der Waals surface area contributed by atoms with Gasteiger partial charge in [-0.3, -0.25) is 0 Å². The van der Waals surface area contributed by atoms with Crippen LogP contribution in [0.3, 0.4) is 0 Å². The van der Waals surface area contributed by atoms with E-state index in [1.165, 1.54) is 0 Å². The van der Waals surface area contributed by atoms with E-state index >= 15 is 0 Å². The van der Waals surface area contributed by atoms with E-state index in [4.69, 9.17) is 31.0 Å². The van der Waals surface area contributed by atoms with Gasteiger partial charge in [-0.05, 0) is 0 Å². The van der Waals surface area contributed by atoms with Crippen LogP contribution in [0.25, 0.3) is 11.2 Å². The quantitative estimate of drug-likeness (QED) is 0.752. The molecule has 0 aliphatic carbocycles. The molecule has 3 aliphatic heterocycles. The van der Waals surface area contributed by atoms with Gasteiger partial charge in [0, 0.05) is 57.2 Å². The molecule has 0 bridgehead atoms. The highest BCUT2D eigenvalue weighted by molar-refractivity contribution is 7.99. The van der Waals surface area contributed by atoms with Crippen LogP contribution in [0, 0.1) is 0 Å². The van der Waals surface area contributed by atoms with Crippen LogP contribution in [0.1, 0.15) is 6.42 Å². The van der Waals surface area contributed by atoms with E-state index < -0.39 is 0 Å². The average molecular weight is 438 g/mol.